The van der Waals surface area contributed by atoms with Crippen LogP contribution in [0.1, 0.15) is 32.6 Å². The molecular formula is C10H18OS. The molecule has 2 aliphatic rings. The first-order valence-electron chi connectivity index (χ1n) is 5.08. The van der Waals surface area contributed by atoms with Crippen molar-refractivity contribution in [1.82, 2.24) is 0 Å². The maximum Gasteiger partial charge on any atom is 0.0900 e. The third-order valence-electron chi connectivity index (χ3n) is 2.81. The summed E-state index contributed by atoms with van der Waals surface area (Å²) in [4.78, 5) is 0. The zero-order valence-corrected chi connectivity index (χ0v) is 8.61. The molecule has 0 aromatic carbocycles. The molecule has 1 saturated heterocycles. The van der Waals surface area contributed by atoms with Crippen LogP contribution in [0.15, 0.2) is 0 Å². The molecule has 0 radical (unpaired) electrons. The number of epoxide rings is 1. The molecule has 0 N–H and O–H groups in total. The summed E-state index contributed by atoms with van der Waals surface area (Å²) in [7, 11) is 0. The van der Waals surface area contributed by atoms with Gasteiger partial charge in [-0.3, -0.25) is 0 Å². The van der Waals surface area contributed by atoms with Gasteiger partial charge in [0.05, 0.1) is 12.7 Å². The second-order valence-electron chi connectivity index (χ2n) is 4.18. The van der Waals surface area contributed by atoms with Gasteiger partial charge >= 0.3 is 0 Å². The predicted molar refractivity (Wildman–Crippen MR) is 53.6 cm³/mol. The van der Waals surface area contributed by atoms with Crippen molar-refractivity contribution in [2.24, 2.45) is 5.92 Å². The standard InChI is InChI=1S/C10H18OS/c1-8-3-2-4-10(5-8)12-7-9-6-11-9/h8-10H,2-7H2,1H3. The van der Waals surface area contributed by atoms with Crippen LogP contribution >= 0.6 is 11.8 Å². The van der Waals surface area contributed by atoms with Gasteiger partial charge in [-0.15, -0.1) is 0 Å². The molecule has 3 unspecified atom stereocenters. The molecule has 1 aliphatic heterocycles. The van der Waals surface area contributed by atoms with E-state index in [1.54, 1.807) is 0 Å². The van der Waals surface area contributed by atoms with Gasteiger partial charge in [0.1, 0.15) is 0 Å². The second-order valence-corrected chi connectivity index (χ2v) is 5.52. The zero-order chi connectivity index (χ0) is 8.39. The summed E-state index contributed by atoms with van der Waals surface area (Å²) < 4.78 is 5.21. The van der Waals surface area contributed by atoms with Gasteiger partial charge in [0.25, 0.3) is 0 Å². The third kappa shape index (κ3) is 2.67. The molecule has 0 amide bonds. The third-order valence-corrected chi connectivity index (χ3v) is 4.27. The van der Waals surface area contributed by atoms with Gasteiger partial charge in [0.15, 0.2) is 0 Å². The van der Waals surface area contributed by atoms with Crippen LogP contribution in [0.3, 0.4) is 0 Å². The van der Waals surface area contributed by atoms with Gasteiger partial charge in [-0.1, -0.05) is 19.8 Å². The summed E-state index contributed by atoms with van der Waals surface area (Å²) in [5, 5.41) is 0.943. The number of rotatable bonds is 3. The zero-order valence-electron chi connectivity index (χ0n) is 7.79. The Hall–Kier alpha value is 0.310. The molecule has 3 atom stereocenters. The van der Waals surface area contributed by atoms with E-state index in [1.165, 1.54) is 31.4 Å². The molecular weight excluding hydrogens is 168 g/mol. The maximum atomic E-state index is 5.21. The Bertz CT molecular complexity index is 145. The quantitative estimate of drug-likeness (QED) is 0.628. The van der Waals surface area contributed by atoms with E-state index in [2.05, 4.69) is 18.7 Å². The topological polar surface area (TPSA) is 12.5 Å². The Labute approximate surface area is 79.2 Å². The highest BCUT2D eigenvalue weighted by Crippen LogP contribution is 2.33. The van der Waals surface area contributed by atoms with E-state index in [0.717, 1.165) is 17.8 Å². The Morgan fingerprint density at radius 3 is 2.92 bits per heavy atom. The molecule has 1 aliphatic carbocycles. The fraction of sp³-hybridized carbons (Fsp3) is 1.00. The average molecular weight is 186 g/mol. The van der Waals surface area contributed by atoms with Crippen LogP contribution in [0.2, 0.25) is 0 Å². The van der Waals surface area contributed by atoms with Crippen molar-refractivity contribution in [2.75, 3.05) is 12.4 Å². The predicted octanol–water partition coefficient (Wildman–Crippen LogP) is 2.70. The van der Waals surface area contributed by atoms with E-state index in [0.29, 0.717) is 6.10 Å². The highest BCUT2D eigenvalue weighted by Gasteiger charge is 2.25. The summed E-state index contributed by atoms with van der Waals surface area (Å²) in [6.45, 7) is 3.41. The lowest BCUT2D eigenvalue weighted by atomic mass is 9.91. The van der Waals surface area contributed by atoms with Gasteiger partial charge in [0, 0.05) is 11.0 Å². The normalized spacial score (nSPS) is 41.2. The Morgan fingerprint density at radius 2 is 2.25 bits per heavy atom. The number of ether oxygens (including phenoxy) is 1. The number of hydrogen-bond acceptors (Lipinski definition) is 2. The Kier molecular flexibility index (Phi) is 2.97. The van der Waals surface area contributed by atoms with E-state index in [-0.39, 0.29) is 0 Å². The van der Waals surface area contributed by atoms with Gasteiger partial charge in [-0.2, -0.15) is 11.8 Å². The van der Waals surface area contributed by atoms with Crippen molar-refractivity contribution in [2.45, 2.75) is 44.0 Å². The minimum atomic E-state index is 0.618. The van der Waals surface area contributed by atoms with Crippen molar-refractivity contribution in [3.8, 4) is 0 Å². The SMILES string of the molecule is CC1CCCC(SCC2CO2)C1. The first kappa shape index (κ1) is 8.89. The minimum absolute atomic E-state index is 0.618. The van der Waals surface area contributed by atoms with Crippen molar-refractivity contribution in [1.29, 1.82) is 0 Å². The molecule has 0 bridgehead atoms. The molecule has 1 heterocycles. The van der Waals surface area contributed by atoms with Crippen molar-refractivity contribution in [3.05, 3.63) is 0 Å². The first-order valence-corrected chi connectivity index (χ1v) is 6.12. The van der Waals surface area contributed by atoms with Gasteiger partial charge in [-0.05, 0) is 18.8 Å². The molecule has 12 heavy (non-hydrogen) atoms. The monoisotopic (exact) mass is 186 g/mol. The smallest absolute Gasteiger partial charge is 0.0900 e. The largest absolute Gasteiger partial charge is 0.372 e. The highest BCUT2D eigenvalue weighted by atomic mass is 32.2. The van der Waals surface area contributed by atoms with Gasteiger partial charge in [-0.25, -0.2) is 0 Å². The van der Waals surface area contributed by atoms with Crippen molar-refractivity contribution < 1.29 is 4.74 Å². The molecule has 1 nitrogen and oxygen atoms in total. The van der Waals surface area contributed by atoms with E-state index in [9.17, 15) is 0 Å². The molecule has 70 valence electrons. The van der Waals surface area contributed by atoms with Gasteiger partial charge < -0.3 is 4.74 Å². The molecule has 2 heteroatoms. The summed E-state index contributed by atoms with van der Waals surface area (Å²) in [5.41, 5.74) is 0. The fourth-order valence-corrected chi connectivity index (χ4v) is 3.41. The Balaban J connectivity index is 1.64. The van der Waals surface area contributed by atoms with E-state index in [4.69, 9.17) is 4.74 Å². The molecule has 2 rings (SSSR count). The molecule has 0 aromatic rings. The molecule has 0 spiro atoms. The maximum absolute atomic E-state index is 5.21. The van der Waals surface area contributed by atoms with Crippen LogP contribution in [0, 0.1) is 5.92 Å². The van der Waals surface area contributed by atoms with Crippen LogP contribution in [0.5, 0.6) is 0 Å². The van der Waals surface area contributed by atoms with Crippen LogP contribution in [-0.2, 0) is 4.74 Å². The highest BCUT2D eigenvalue weighted by molar-refractivity contribution is 7.99. The summed E-state index contributed by atoms with van der Waals surface area (Å²) in [5.74, 6) is 2.22. The number of hydrogen-bond donors (Lipinski definition) is 0. The molecule has 2 fully saturated rings. The van der Waals surface area contributed by atoms with Crippen LogP contribution in [-0.4, -0.2) is 23.7 Å². The summed E-state index contributed by atoms with van der Waals surface area (Å²) >= 11 is 2.15. The first-order chi connectivity index (χ1) is 5.84. The lowest BCUT2D eigenvalue weighted by Crippen LogP contribution is -2.16. The lowest BCUT2D eigenvalue weighted by molar-refractivity contribution is 0.392. The van der Waals surface area contributed by atoms with E-state index >= 15 is 0 Å². The molecule has 0 aromatic heterocycles. The fourth-order valence-electron chi connectivity index (χ4n) is 1.94. The van der Waals surface area contributed by atoms with Crippen molar-refractivity contribution in [3.63, 3.8) is 0 Å². The van der Waals surface area contributed by atoms with Crippen LogP contribution < -0.4 is 0 Å². The van der Waals surface area contributed by atoms with Crippen LogP contribution in [0.4, 0.5) is 0 Å². The summed E-state index contributed by atoms with van der Waals surface area (Å²) in [6.07, 6.45) is 6.41. The number of thioether (sulfide) groups is 1. The second kappa shape index (κ2) is 4.01. The van der Waals surface area contributed by atoms with E-state index in [1.807, 2.05) is 0 Å². The lowest BCUT2D eigenvalue weighted by Gasteiger charge is -2.25. The Morgan fingerprint density at radius 1 is 1.42 bits per heavy atom. The van der Waals surface area contributed by atoms with Crippen LogP contribution in [0.25, 0.3) is 0 Å². The van der Waals surface area contributed by atoms with E-state index < -0.39 is 0 Å². The minimum Gasteiger partial charge on any atom is -0.372 e. The summed E-state index contributed by atoms with van der Waals surface area (Å²) in [6, 6.07) is 0. The molecule has 1 saturated carbocycles. The van der Waals surface area contributed by atoms with Crippen molar-refractivity contribution >= 4 is 11.8 Å². The van der Waals surface area contributed by atoms with Gasteiger partial charge in [0.2, 0.25) is 0 Å². The average Bonchev–Trinajstić information content (AvgIpc) is 2.84.